The third kappa shape index (κ3) is 2.21. The molecule has 0 amide bonds. The molecule has 2 saturated carbocycles. The normalized spacial score (nSPS) is 31.2. The van der Waals surface area contributed by atoms with Crippen molar-refractivity contribution in [1.29, 1.82) is 0 Å². The Bertz CT molecular complexity index is 430. The molecule has 1 heteroatoms. The maximum atomic E-state index is 10.5. The van der Waals surface area contributed by atoms with E-state index in [2.05, 4.69) is 32.9 Å². The summed E-state index contributed by atoms with van der Waals surface area (Å²) in [6.07, 6.45) is 4.71. The second-order valence-corrected chi connectivity index (χ2v) is 6.64. The summed E-state index contributed by atoms with van der Waals surface area (Å²) in [6, 6.07) is 4.47. The summed E-state index contributed by atoms with van der Waals surface area (Å²) in [5.74, 6) is 2.49. The lowest BCUT2D eigenvalue weighted by Gasteiger charge is -2.21. The Morgan fingerprint density at radius 2 is 1.61 bits per heavy atom. The fourth-order valence-corrected chi connectivity index (χ4v) is 3.98. The zero-order chi connectivity index (χ0) is 12.9. The van der Waals surface area contributed by atoms with E-state index in [1.165, 1.54) is 41.5 Å². The van der Waals surface area contributed by atoms with Crippen LogP contribution in [0.15, 0.2) is 12.1 Å². The SMILES string of the molecule is Cc1cc(C)c(CC(O)C2CC3CC3C2)c(C)c1. The van der Waals surface area contributed by atoms with E-state index in [0.717, 1.165) is 18.3 Å². The predicted octanol–water partition coefficient (Wildman–Crippen LogP) is 3.56. The quantitative estimate of drug-likeness (QED) is 0.862. The lowest BCUT2D eigenvalue weighted by atomic mass is 9.88. The highest BCUT2D eigenvalue weighted by Gasteiger charge is 2.47. The second kappa shape index (κ2) is 4.38. The minimum absolute atomic E-state index is 0.127. The lowest BCUT2D eigenvalue weighted by molar-refractivity contribution is 0.104. The summed E-state index contributed by atoms with van der Waals surface area (Å²) in [5.41, 5.74) is 5.38. The summed E-state index contributed by atoms with van der Waals surface area (Å²) in [7, 11) is 0. The maximum Gasteiger partial charge on any atom is 0.0609 e. The molecular formula is C17H24O. The summed E-state index contributed by atoms with van der Waals surface area (Å²) >= 11 is 0. The molecule has 0 radical (unpaired) electrons. The maximum absolute atomic E-state index is 10.5. The molecule has 3 atom stereocenters. The molecule has 0 aromatic heterocycles. The van der Waals surface area contributed by atoms with Gasteiger partial charge in [-0.1, -0.05) is 17.7 Å². The van der Waals surface area contributed by atoms with Crippen molar-refractivity contribution in [3.8, 4) is 0 Å². The molecule has 1 aromatic carbocycles. The van der Waals surface area contributed by atoms with Gasteiger partial charge in [-0.15, -0.1) is 0 Å². The first-order chi connectivity index (χ1) is 8.54. The van der Waals surface area contributed by atoms with Crippen LogP contribution in [0, 0.1) is 38.5 Å². The van der Waals surface area contributed by atoms with Crippen LogP contribution in [0.4, 0.5) is 0 Å². The standard InChI is InChI=1S/C17H24O/c1-10-4-11(2)16(12(3)5-10)9-17(18)15-7-13-6-14(13)8-15/h4-5,13-15,17-18H,6-9H2,1-3H3. The van der Waals surface area contributed by atoms with Gasteiger partial charge in [0, 0.05) is 0 Å². The zero-order valence-electron chi connectivity index (χ0n) is 11.7. The van der Waals surface area contributed by atoms with Gasteiger partial charge in [0.15, 0.2) is 0 Å². The van der Waals surface area contributed by atoms with Gasteiger partial charge >= 0.3 is 0 Å². The molecule has 18 heavy (non-hydrogen) atoms. The van der Waals surface area contributed by atoms with Gasteiger partial charge in [0.1, 0.15) is 0 Å². The Labute approximate surface area is 110 Å². The Balaban J connectivity index is 1.72. The molecule has 0 bridgehead atoms. The van der Waals surface area contributed by atoms with Crippen molar-refractivity contribution >= 4 is 0 Å². The van der Waals surface area contributed by atoms with Gasteiger partial charge in [0.25, 0.3) is 0 Å². The molecule has 1 aromatic rings. The number of aliphatic hydroxyl groups excluding tert-OH is 1. The largest absolute Gasteiger partial charge is 0.392 e. The first-order valence-electron chi connectivity index (χ1n) is 7.29. The molecule has 3 unspecified atom stereocenters. The van der Waals surface area contributed by atoms with E-state index in [9.17, 15) is 5.11 Å². The van der Waals surface area contributed by atoms with Crippen LogP contribution >= 0.6 is 0 Å². The van der Waals surface area contributed by atoms with Gasteiger partial charge < -0.3 is 5.11 Å². The van der Waals surface area contributed by atoms with E-state index < -0.39 is 0 Å². The van der Waals surface area contributed by atoms with Gasteiger partial charge in [-0.25, -0.2) is 0 Å². The van der Waals surface area contributed by atoms with Gasteiger partial charge in [0.05, 0.1) is 6.10 Å². The smallest absolute Gasteiger partial charge is 0.0609 e. The highest BCUT2D eigenvalue weighted by Crippen LogP contribution is 2.55. The number of aryl methyl sites for hydroxylation is 3. The number of hydrogen-bond donors (Lipinski definition) is 1. The molecule has 1 nitrogen and oxygen atoms in total. The summed E-state index contributed by atoms with van der Waals surface area (Å²) in [4.78, 5) is 0. The van der Waals surface area contributed by atoms with Crippen LogP contribution in [0.5, 0.6) is 0 Å². The van der Waals surface area contributed by atoms with Crippen LogP contribution in [0.1, 0.15) is 41.5 Å². The molecule has 2 aliphatic rings. The molecule has 98 valence electrons. The zero-order valence-corrected chi connectivity index (χ0v) is 11.7. The van der Waals surface area contributed by atoms with Crippen molar-refractivity contribution in [2.75, 3.05) is 0 Å². The van der Waals surface area contributed by atoms with Crippen LogP contribution in [0.25, 0.3) is 0 Å². The topological polar surface area (TPSA) is 20.2 Å². The van der Waals surface area contributed by atoms with E-state index in [4.69, 9.17) is 0 Å². The van der Waals surface area contributed by atoms with Crippen molar-refractivity contribution < 1.29 is 5.11 Å². The average Bonchev–Trinajstić information content (AvgIpc) is 2.90. The predicted molar refractivity (Wildman–Crippen MR) is 74.7 cm³/mol. The monoisotopic (exact) mass is 244 g/mol. The number of aliphatic hydroxyl groups is 1. The Kier molecular flexibility index (Phi) is 2.97. The van der Waals surface area contributed by atoms with Gasteiger partial charge in [0.2, 0.25) is 0 Å². The highest BCUT2D eigenvalue weighted by molar-refractivity contribution is 5.38. The van der Waals surface area contributed by atoms with Crippen molar-refractivity contribution in [3.63, 3.8) is 0 Å². The minimum Gasteiger partial charge on any atom is -0.392 e. The highest BCUT2D eigenvalue weighted by atomic mass is 16.3. The summed E-state index contributed by atoms with van der Waals surface area (Å²) in [6.45, 7) is 6.49. The molecule has 1 N–H and O–H groups in total. The molecule has 0 heterocycles. The number of hydrogen-bond acceptors (Lipinski definition) is 1. The fourth-order valence-electron chi connectivity index (χ4n) is 3.98. The van der Waals surface area contributed by atoms with Crippen LogP contribution < -0.4 is 0 Å². The Hall–Kier alpha value is -0.820. The minimum atomic E-state index is -0.127. The van der Waals surface area contributed by atoms with Crippen molar-refractivity contribution in [2.45, 2.75) is 52.6 Å². The molecule has 3 rings (SSSR count). The molecular weight excluding hydrogens is 220 g/mol. The van der Waals surface area contributed by atoms with Gasteiger partial charge in [-0.05, 0) is 80.9 Å². The Morgan fingerprint density at radius 3 is 2.17 bits per heavy atom. The van der Waals surface area contributed by atoms with Crippen molar-refractivity contribution in [1.82, 2.24) is 0 Å². The van der Waals surface area contributed by atoms with Crippen LogP contribution in [-0.4, -0.2) is 11.2 Å². The van der Waals surface area contributed by atoms with Crippen LogP contribution in [0.3, 0.4) is 0 Å². The number of fused-ring (bicyclic) bond motifs is 1. The molecule has 0 spiro atoms. The number of rotatable bonds is 3. The van der Waals surface area contributed by atoms with E-state index in [1.807, 2.05) is 0 Å². The van der Waals surface area contributed by atoms with Crippen LogP contribution in [0.2, 0.25) is 0 Å². The first-order valence-corrected chi connectivity index (χ1v) is 7.29. The molecule has 2 fully saturated rings. The lowest BCUT2D eigenvalue weighted by Crippen LogP contribution is -2.22. The van der Waals surface area contributed by atoms with Gasteiger partial charge in [-0.3, -0.25) is 0 Å². The van der Waals surface area contributed by atoms with Crippen molar-refractivity contribution in [2.24, 2.45) is 17.8 Å². The summed E-state index contributed by atoms with van der Waals surface area (Å²) < 4.78 is 0. The fraction of sp³-hybridized carbons (Fsp3) is 0.647. The molecule has 0 aliphatic heterocycles. The van der Waals surface area contributed by atoms with Crippen molar-refractivity contribution in [3.05, 3.63) is 34.4 Å². The van der Waals surface area contributed by atoms with Gasteiger partial charge in [-0.2, -0.15) is 0 Å². The number of benzene rings is 1. The van der Waals surface area contributed by atoms with E-state index in [1.54, 1.807) is 0 Å². The van der Waals surface area contributed by atoms with E-state index >= 15 is 0 Å². The first kappa shape index (κ1) is 12.2. The Morgan fingerprint density at radius 1 is 1.06 bits per heavy atom. The molecule has 2 aliphatic carbocycles. The third-order valence-electron chi connectivity index (χ3n) is 5.08. The van der Waals surface area contributed by atoms with E-state index in [-0.39, 0.29) is 6.10 Å². The van der Waals surface area contributed by atoms with E-state index in [0.29, 0.717) is 5.92 Å². The average molecular weight is 244 g/mol. The van der Waals surface area contributed by atoms with Crippen LogP contribution in [-0.2, 0) is 6.42 Å². The second-order valence-electron chi connectivity index (χ2n) is 6.64. The summed E-state index contributed by atoms with van der Waals surface area (Å²) in [5, 5.41) is 10.5. The molecule has 0 saturated heterocycles. The third-order valence-corrected chi connectivity index (χ3v) is 5.08.